The molecule has 0 radical (unpaired) electrons. The standard InChI is InChI=1S/C23H18ClFN6OS/c24-20-7-6-19(33-20)23(32)29-13-3-1-4-15(9-13)31-18-12-28-14(11-26)10-17(18)30-22(31)21-16(25)5-2-8-27-21/h2,5-8,10,12-13,15H,1,3-4,9H2,(H,29,32). The minimum absolute atomic E-state index is 0.0490. The maximum Gasteiger partial charge on any atom is 0.261 e. The Morgan fingerprint density at radius 1 is 1.30 bits per heavy atom. The predicted octanol–water partition coefficient (Wildman–Crippen LogP) is 5.13. The van der Waals surface area contributed by atoms with Gasteiger partial charge in [-0.3, -0.25) is 4.79 Å². The molecule has 2 atom stereocenters. The van der Waals surface area contributed by atoms with Crippen LogP contribution in [0.2, 0.25) is 4.34 Å². The Labute approximate surface area is 197 Å². The van der Waals surface area contributed by atoms with Gasteiger partial charge < -0.3 is 9.88 Å². The molecule has 1 N–H and O–H groups in total. The van der Waals surface area contributed by atoms with Gasteiger partial charge in [-0.25, -0.2) is 19.3 Å². The van der Waals surface area contributed by atoms with Crippen molar-refractivity contribution in [1.82, 2.24) is 24.8 Å². The number of hydrogen-bond acceptors (Lipinski definition) is 6. The molecule has 4 heterocycles. The van der Waals surface area contributed by atoms with E-state index in [1.807, 2.05) is 10.6 Å². The van der Waals surface area contributed by atoms with Gasteiger partial charge in [0.2, 0.25) is 0 Å². The lowest BCUT2D eigenvalue weighted by atomic mass is 9.90. The van der Waals surface area contributed by atoms with Crippen molar-refractivity contribution in [3.63, 3.8) is 0 Å². The van der Waals surface area contributed by atoms with Crippen molar-refractivity contribution in [1.29, 1.82) is 5.26 Å². The van der Waals surface area contributed by atoms with Crippen molar-refractivity contribution in [2.24, 2.45) is 0 Å². The first-order chi connectivity index (χ1) is 16.0. The highest BCUT2D eigenvalue weighted by Gasteiger charge is 2.29. The van der Waals surface area contributed by atoms with Gasteiger partial charge in [0, 0.05) is 24.3 Å². The molecule has 166 valence electrons. The van der Waals surface area contributed by atoms with E-state index in [1.54, 1.807) is 24.4 Å². The zero-order chi connectivity index (χ0) is 22.9. The number of carbonyl (C=O) groups excluding carboxylic acids is 1. The lowest BCUT2D eigenvalue weighted by Crippen LogP contribution is -2.38. The van der Waals surface area contributed by atoms with Crippen LogP contribution in [0.15, 0.2) is 42.7 Å². The number of rotatable bonds is 4. The average Bonchev–Trinajstić information content (AvgIpc) is 3.42. The third-order valence-electron chi connectivity index (χ3n) is 5.80. The number of fused-ring (bicyclic) bond motifs is 1. The quantitative estimate of drug-likeness (QED) is 0.436. The summed E-state index contributed by atoms with van der Waals surface area (Å²) in [6.07, 6.45) is 6.34. The largest absolute Gasteiger partial charge is 0.349 e. The van der Waals surface area contributed by atoms with Crippen LogP contribution in [0.1, 0.15) is 47.1 Å². The molecule has 0 spiro atoms. The summed E-state index contributed by atoms with van der Waals surface area (Å²) in [5, 5.41) is 12.3. The molecule has 0 aromatic carbocycles. The summed E-state index contributed by atoms with van der Waals surface area (Å²) in [4.78, 5) is 26.3. The van der Waals surface area contributed by atoms with Gasteiger partial charge in [-0.05, 0) is 49.9 Å². The number of hydrogen-bond donors (Lipinski definition) is 1. The Morgan fingerprint density at radius 3 is 2.94 bits per heavy atom. The van der Waals surface area contributed by atoms with E-state index in [2.05, 4.69) is 20.3 Å². The first-order valence-electron chi connectivity index (χ1n) is 10.5. The first kappa shape index (κ1) is 21.5. The highest BCUT2D eigenvalue weighted by molar-refractivity contribution is 7.18. The molecule has 1 aliphatic carbocycles. The van der Waals surface area contributed by atoms with Gasteiger partial charge in [0.25, 0.3) is 5.91 Å². The molecule has 33 heavy (non-hydrogen) atoms. The van der Waals surface area contributed by atoms with Crippen LogP contribution in [0.25, 0.3) is 22.6 Å². The Balaban J connectivity index is 1.51. The number of nitrogens with one attached hydrogen (secondary N) is 1. The molecular weight excluding hydrogens is 463 g/mol. The Morgan fingerprint density at radius 2 is 2.18 bits per heavy atom. The monoisotopic (exact) mass is 480 g/mol. The number of amides is 1. The van der Waals surface area contributed by atoms with Crippen molar-refractivity contribution in [2.45, 2.75) is 37.8 Å². The molecule has 1 saturated carbocycles. The second-order valence-corrected chi connectivity index (χ2v) is 9.62. The number of nitrogens with zero attached hydrogens (tertiary/aromatic N) is 5. The summed E-state index contributed by atoms with van der Waals surface area (Å²) >= 11 is 7.21. The number of imidazole rings is 1. The third-order valence-corrected chi connectivity index (χ3v) is 7.03. The van der Waals surface area contributed by atoms with Crippen LogP contribution >= 0.6 is 22.9 Å². The topological polar surface area (TPSA) is 96.5 Å². The highest BCUT2D eigenvalue weighted by Crippen LogP contribution is 2.36. The molecule has 0 saturated heterocycles. The summed E-state index contributed by atoms with van der Waals surface area (Å²) in [5.74, 6) is -0.232. The summed E-state index contributed by atoms with van der Waals surface area (Å²) in [6.45, 7) is 0. The van der Waals surface area contributed by atoms with E-state index in [9.17, 15) is 14.4 Å². The smallest absolute Gasteiger partial charge is 0.261 e. The molecule has 4 aromatic heterocycles. The zero-order valence-corrected chi connectivity index (χ0v) is 18.9. The van der Waals surface area contributed by atoms with E-state index >= 15 is 0 Å². The number of thiophene rings is 1. The number of nitriles is 1. The van der Waals surface area contributed by atoms with Crippen LogP contribution in [0, 0.1) is 17.1 Å². The number of halogens is 2. The van der Waals surface area contributed by atoms with Crippen molar-refractivity contribution in [3.8, 4) is 17.6 Å². The molecule has 1 aliphatic rings. The molecule has 1 amide bonds. The summed E-state index contributed by atoms with van der Waals surface area (Å²) in [6, 6.07) is 9.81. The van der Waals surface area contributed by atoms with Crippen molar-refractivity contribution >= 4 is 39.9 Å². The molecule has 0 bridgehead atoms. The molecule has 5 rings (SSSR count). The highest BCUT2D eigenvalue weighted by atomic mass is 35.5. The van der Waals surface area contributed by atoms with Crippen LogP contribution in [0.5, 0.6) is 0 Å². The van der Waals surface area contributed by atoms with Crippen molar-refractivity contribution in [3.05, 3.63) is 63.5 Å². The maximum absolute atomic E-state index is 14.7. The van der Waals surface area contributed by atoms with Gasteiger partial charge in [-0.1, -0.05) is 11.6 Å². The van der Waals surface area contributed by atoms with E-state index in [4.69, 9.17) is 11.6 Å². The molecular formula is C23H18ClFN6OS. The SMILES string of the molecule is N#Cc1cc2nc(-c3ncccc3F)n(C3CCCC(NC(=O)c4ccc(Cl)s4)C3)c2cn1. The van der Waals surface area contributed by atoms with E-state index < -0.39 is 5.82 Å². The van der Waals surface area contributed by atoms with Gasteiger partial charge in [-0.2, -0.15) is 5.26 Å². The van der Waals surface area contributed by atoms with E-state index in [0.717, 1.165) is 19.3 Å². The average molecular weight is 481 g/mol. The lowest BCUT2D eigenvalue weighted by Gasteiger charge is -2.31. The summed E-state index contributed by atoms with van der Waals surface area (Å²) in [7, 11) is 0. The first-order valence-corrected chi connectivity index (χ1v) is 11.7. The second-order valence-electron chi connectivity index (χ2n) is 7.90. The van der Waals surface area contributed by atoms with E-state index in [1.165, 1.54) is 29.7 Å². The fourth-order valence-electron chi connectivity index (χ4n) is 4.37. The van der Waals surface area contributed by atoms with Crippen molar-refractivity contribution in [2.75, 3.05) is 0 Å². The number of aromatic nitrogens is 4. The fourth-order valence-corrected chi connectivity index (χ4v) is 5.31. The van der Waals surface area contributed by atoms with Crippen LogP contribution in [-0.4, -0.2) is 31.5 Å². The van der Waals surface area contributed by atoms with Crippen LogP contribution < -0.4 is 5.32 Å². The van der Waals surface area contributed by atoms with E-state index in [-0.39, 0.29) is 29.4 Å². The molecule has 7 nitrogen and oxygen atoms in total. The maximum atomic E-state index is 14.7. The van der Waals surface area contributed by atoms with Gasteiger partial charge in [0.05, 0.1) is 26.4 Å². The van der Waals surface area contributed by atoms with Crippen LogP contribution in [-0.2, 0) is 0 Å². The molecule has 1 fully saturated rings. The summed E-state index contributed by atoms with van der Waals surface area (Å²) < 4.78 is 17.2. The van der Waals surface area contributed by atoms with Crippen LogP contribution in [0.4, 0.5) is 4.39 Å². The normalized spacial score (nSPS) is 18.2. The molecule has 2 unspecified atom stereocenters. The van der Waals surface area contributed by atoms with Crippen molar-refractivity contribution < 1.29 is 9.18 Å². The molecule has 10 heteroatoms. The Hall–Kier alpha value is -3.35. The van der Waals surface area contributed by atoms with Gasteiger partial charge >= 0.3 is 0 Å². The minimum atomic E-state index is -0.474. The lowest BCUT2D eigenvalue weighted by molar-refractivity contribution is 0.0925. The number of carbonyl (C=O) groups is 1. The van der Waals surface area contributed by atoms with Crippen LogP contribution in [0.3, 0.4) is 0 Å². The van der Waals surface area contributed by atoms with Gasteiger partial charge in [0.1, 0.15) is 17.5 Å². The Bertz CT molecular complexity index is 1390. The van der Waals surface area contributed by atoms with Gasteiger partial charge in [-0.15, -0.1) is 11.3 Å². The van der Waals surface area contributed by atoms with E-state index in [0.29, 0.717) is 32.5 Å². The summed E-state index contributed by atoms with van der Waals surface area (Å²) in [5.41, 5.74) is 1.65. The minimum Gasteiger partial charge on any atom is -0.349 e. The second kappa shape index (κ2) is 8.89. The third kappa shape index (κ3) is 4.19. The molecule has 0 aliphatic heterocycles. The molecule has 4 aromatic rings. The Kier molecular flexibility index (Phi) is 5.79. The van der Waals surface area contributed by atoms with Gasteiger partial charge in [0.15, 0.2) is 11.6 Å². The predicted molar refractivity (Wildman–Crippen MR) is 124 cm³/mol. The number of pyridine rings is 2. The fraction of sp³-hybridized carbons (Fsp3) is 0.261. The zero-order valence-electron chi connectivity index (χ0n) is 17.3.